The van der Waals surface area contributed by atoms with Crippen molar-refractivity contribution in [3.05, 3.63) is 47.8 Å². The summed E-state index contributed by atoms with van der Waals surface area (Å²) in [5.74, 6) is -0.248. The standard InChI is InChI=1S/C21H19F3N6O/c1-10-17(12-4-5-16(25)27-9-12)18(30-20(26)28-10)13-6-14(21(22,23)24)8-15(7-13)29-19(31)11-2-3-11/h4-9,11H,2-3H2,1H3,(H2,25,27)(H,29,31)(H2,26,28,30). The van der Waals surface area contributed by atoms with E-state index in [9.17, 15) is 18.0 Å². The number of hydrogen-bond acceptors (Lipinski definition) is 6. The molecule has 31 heavy (non-hydrogen) atoms. The number of aromatic nitrogens is 3. The second-order valence-corrected chi connectivity index (χ2v) is 7.42. The van der Waals surface area contributed by atoms with Gasteiger partial charge in [-0.25, -0.2) is 15.0 Å². The number of carbonyl (C=O) groups excluding carboxylic acids is 1. The van der Waals surface area contributed by atoms with Gasteiger partial charge in [0.25, 0.3) is 0 Å². The van der Waals surface area contributed by atoms with Crippen LogP contribution < -0.4 is 16.8 Å². The number of anilines is 3. The van der Waals surface area contributed by atoms with Crippen LogP contribution in [0, 0.1) is 12.8 Å². The van der Waals surface area contributed by atoms with E-state index in [1.165, 1.54) is 12.3 Å². The molecule has 0 spiro atoms. The highest BCUT2D eigenvalue weighted by Gasteiger charge is 2.33. The van der Waals surface area contributed by atoms with Crippen LogP contribution in [0.25, 0.3) is 22.4 Å². The number of aryl methyl sites for hydroxylation is 1. The quantitative estimate of drug-likeness (QED) is 0.577. The molecule has 0 radical (unpaired) electrons. The van der Waals surface area contributed by atoms with Gasteiger partial charge >= 0.3 is 6.18 Å². The molecular weight excluding hydrogens is 409 g/mol. The number of pyridine rings is 1. The van der Waals surface area contributed by atoms with Gasteiger partial charge in [0, 0.05) is 34.5 Å². The smallest absolute Gasteiger partial charge is 0.384 e. The normalized spacial score (nSPS) is 13.8. The van der Waals surface area contributed by atoms with Crippen molar-refractivity contribution in [3.63, 3.8) is 0 Å². The Labute approximate surface area is 175 Å². The van der Waals surface area contributed by atoms with Gasteiger partial charge in [-0.3, -0.25) is 4.79 Å². The SMILES string of the molecule is Cc1nc(N)nc(-c2cc(NC(=O)C3CC3)cc(C(F)(F)F)c2)c1-c1ccc(N)nc1. The number of nitrogens with zero attached hydrogens (tertiary/aromatic N) is 3. The van der Waals surface area contributed by atoms with Crippen LogP contribution >= 0.6 is 0 Å². The zero-order valence-corrected chi connectivity index (χ0v) is 16.5. The van der Waals surface area contributed by atoms with Gasteiger partial charge in [-0.2, -0.15) is 13.2 Å². The molecule has 2 aromatic heterocycles. The Bertz CT molecular complexity index is 1160. The second kappa shape index (κ2) is 7.53. The van der Waals surface area contributed by atoms with Crippen LogP contribution in [-0.4, -0.2) is 20.9 Å². The van der Waals surface area contributed by atoms with Gasteiger partial charge in [-0.1, -0.05) is 0 Å². The van der Waals surface area contributed by atoms with Crippen LogP contribution in [0.2, 0.25) is 0 Å². The summed E-state index contributed by atoms with van der Waals surface area (Å²) in [6.07, 6.45) is -1.67. The molecule has 0 aliphatic heterocycles. The Morgan fingerprint density at radius 1 is 1.10 bits per heavy atom. The number of nitrogens with one attached hydrogen (secondary N) is 1. The summed E-state index contributed by atoms with van der Waals surface area (Å²) < 4.78 is 40.8. The van der Waals surface area contributed by atoms with Gasteiger partial charge in [-0.15, -0.1) is 0 Å². The number of nitrogen functional groups attached to an aromatic ring is 2. The topological polar surface area (TPSA) is 120 Å². The lowest BCUT2D eigenvalue weighted by molar-refractivity contribution is -0.137. The Kier molecular flexibility index (Phi) is 5.00. The van der Waals surface area contributed by atoms with Crippen molar-refractivity contribution < 1.29 is 18.0 Å². The Balaban J connectivity index is 1.90. The predicted octanol–water partition coefficient (Wildman–Crippen LogP) is 4.05. The highest BCUT2D eigenvalue weighted by Crippen LogP contribution is 2.39. The molecule has 0 atom stereocenters. The number of carbonyl (C=O) groups is 1. The molecule has 1 amide bonds. The van der Waals surface area contributed by atoms with Crippen molar-refractivity contribution in [2.24, 2.45) is 5.92 Å². The van der Waals surface area contributed by atoms with Gasteiger partial charge < -0.3 is 16.8 Å². The monoisotopic (exact) mass is 428 g/mol. The summed E-state index contributed by atoms with van der Waals surface area (Å²) >= 11 is 0. The number of amides is 1. The molecule has 5 N–H and O–H groups in total. The van der Waals surface area contributed by atoms with E-state index >= 15 is 0 Å². The van der Waals surface area contributed by atoms with E-state index in [0.717, 1.165) is 25.0 Å². The number of rotatable bonds is 4. The first-order chi connectivity index (χ1) is 14.6. The highest BCUT2D eigenvalue weighted by atomic mass is 19.4. The van der Waals surface area contributed by atoms with Crippen LogP contribution in [0.1, 0.15) is 24.1 Å². The van der Waals surface area contributed by atoms with Crippen molar-refractivity contribution in [2.45, 2.75) is 25.9 Å². The summed E-state index contributed by atoms with van der Waals surface area (Å²) in [4.78, 5) is 24.6. The maximum Gasteiger partial charge on any atom is 0.416 e. The molecule has 160 valence electrons. The molecule has 7 nitrogen and oxygen atoms in total. The minimum absolute atomic E-state index is 0.0398. The minimum Gasteiger partial charge on any atom is -0.384 e. The molecule has 1 saturated carbocycles. The van der Waals surface area contributed by atoms with Crippen LogP contribution in [0.4, 0.5) is 30.6 Å². The third kappa shape index (κ3) is 4.42. The minimum atomic E-state index is -4.62. The first-order valence-corrected chi connectivity index (χ1v) is 9.51. The van der Waals surface area contributed by atoms with E-state index in [4.69, 9.17) is 11.5 Å². The summed E-state index contributed by atoms with van der Waals surface area (Å²) in [6, 6.07) is 6.58. The first kappa shape index (κ1) is 20.6. The van der Waals surface area contributed by atoms with Gasteiger partial charge in [0.2, 0.25) is 11.9 Å². The van der Waals surface area contributed by atoms with E-state index in [-0.39, 0.29) is 34.7 Å². The van der Waals surface area contributed by atoms with Gasteiger partial charge in [-0.05, 0) is 50.1 Å². The van der Waals surface area contributed by atoms with Crippen LogP contribution in [-0.2, 0) is 11.0 Å². The molecule has 10 heteroatoms. The number of halogens is 3. The summed E-state index contributed by atoms with van der Waals surface area (Å²) in [6.45, 7) is 1.68. The fourth-order valence-electron chi connectivity index (χ4n) is 3.29. The molecule has 3 aromatic rings. The lowest BCUT2D eigenvalue weighted by atomic mass is 9.97. The Morgan fingerprint density at radius 3 is 2.45 bits per heavy atom. The lowest BCUT2D eigenvalue weighted by Gasteiger charge is -2.16. The molecule has 0 bridgehead atoms. The zero-order valence-electron chi connectivity index (χ0n) is 16.5. The van der Waals surface area contributed by atoms with Crippen molar-refractivity contribution in [3.8, 4) is 22.4 Å². The molecule has 0 saturated heterocycles. The highest BCUT2D eigenvalue weighted by molar-refractivity contribution is 5.95. The van der Waals surface area contributed by atoms with E-state index in [1.54, 1.807) is 19.1 Å². The molecule has 1 aliphatic rings. The Morgan fingerprint density at radius 2 is 1.84 bits per heavy atom. The third-order valence-corrected chi connectivity index (χ3v) is 4.93. The molecule has 1 aromatic carbocycles. The second-order valence-electron chi connectivity index (χ2n) is 7.42. The van der Waals surface area contributed by atoms with Crippen LogP contribution in [0.5, 0.6) is 0 Å². The largest absolute Gasteiger partial charge is 0.416 e. The molecule has 2 heterocycles. The molecule has 4 rings (SSSR count). The fraction of sp³-hybridized carbons (Fsp3) is 0.238. The molecule has 1 aliphatic carbocycles. The first-order valence-electron chi connectivity index (χ1n) is 9.51. The van der Waals surface area contributed by atoms with Crippen molar-refractivity contribution in [1.29, 1.82) is 0 Å². The number of alkyl halides is 3. The van der Waals surface area contributed by atoms with Crippen molar-refractivity contribution in [1.82, 2.24) is 15.0 Å². The summed E-state index contributed by atoms with van der Waals surface area (Å²) in [5.41, 5.74) is 12.4. The van der Waals surface area contributed by atoms with Crippen LogP contribution in [0.15, 0.2) is 36.5 Å². The average Bonchev–Trinajstić information content (AvgIpc) is 3.53. The zero-order chi connectivity index (χ0) is 22.3. The predicted molar refractivity (Wildman–Crippen MR) is 111 cm³/mol. The van der Waals surface area contributed by atoms with Gasteiger partial charge in [0.05, 0.1) is 17.0 Å². The fourth-order valence-corrected chi connectivity index (χ4v) is 3.29. The van der Waals surface area contributed by atoms with Crippen molar-refractivity contribution >= 4 is 23.4 Å². The molecular formula is C21H19F3N6O. The molecule has 1 fully saturated rings. The Hall–Kier alpha value is -3.69. The summed E-state index contributed by atoms with van der Waals surface area (Å²) in [5, 5.41) is 2.58. The van der Waals surface area contributed by atoms with E-state index in [0.29, 0.717) is 22.6 Å². The molecule has 0 unspecified atom stereocenters. The van der Waals surface area contributed by atoms with Crippen LogP contribution in [0.3, 0.4) is 0 Å². The third-order valence-electron chi connectivity index (χ3n) is 4.93. The maximum atomic E-state index is 13.6. The van der Waals surface area contributed by atoms with E-state index < -0.39 is 11.7 Å². The number of hydrogen-bond donors (Lipinski definition) is 3. The number of benzene rings is 1. The number of nitrogens with two attached hydrogens (primary N) is 2. The van der Waals surface area contributed by atoms with Gasteiger partial charge in [0.1, 0.15) is 5.82 Å². The van der Waals surface area contributed by atoms with E-state index in [2.05, 4.69) is 20.3 Å². The summed E-state index contributed by atoms with van der Waals surface area (Å²) in [7, 11) is 0. The van der Waals surface area contributed by atoms with E-state index in [1.807, 2.05) is 0 Å². The maximum absolute atomic E-state index is 13.6. The van der Waals surface area contributed by atoms with Gasteiger partial charge in [0.15, 0.2) is 0 Å². The van der Waals surface area contributed by atoms with Crippen molar-refractivity contribution in [2.75, 3.05) is 16.8 Å². The average molecular weight is 428 g/mol. The lowest BCUT2D eigenvalue weighted by Crippen LogP contribution is -2.15.